The van der Waals surface area contributed by atoms with Crippen LogP contribution in [0.5, 0.6) is 0 Å². The van der Waals surface area contributed by atoms with Crippen LogP contribution in [0.2, 0.25) is 0 Å². The van der Waals surface area contributed by atoms with Crippen LogP contribution in [0, 0.1) is 0 Å². The van der Waals surface area contributed by atoms with Crippen molar-refractivity contribution in [3.05, 3.63) is 24.2 Å². The standard InChI is InChI=1S/C16H24N2O3S/c19-15(4-3-14-2-1-8-21-14)17-12-16(5-11-22-13-16)18-6-9-20-10-7-18/h1-2,8H,3-7,9-13H2,(H,17,19)/t16-/m1/s1. The average Bonchev–Trinajstić information content (AvgIpc) is 3.24. The summed E-state index contributed by atoms with van der Waals surface area (Å²) >= 11 is 1.99. The van der Waals surface area contributed by atoms with Gasteiger partial charge in [-0.1, -0.05) is 0 Å². The monoisotopic (exact) mass is 324 g/mol. The molecule has 1 aromatic rings. The summed E-state index contributed by atoms with van der Waals surface area (Å²) in [6, 6.07) is 3.77. The van der Waals surface area contributed by atoms with Crippen LogP contribution in [0.15, 0.2) is 22.8 Å². The Bertz CT molecular complexity index is 466. The normalized spacial score (nSPS) is 26.2. The first-order valence-corrected chi connectivity index (χ1v) is 9.14. The molecule has 2 aliphatic rings. The van der Waals surface area contributed by atoms with Gasteiger partial charge in [-0.3, -0.25) is 9.69 Å². The Balaban J connectivity index is 1.49. The lowest BCUT2D eigenvalue weighted by molar-refractivity contribution is -0.122. The number of furan rings is 1. The second-order valence-corrected chi connectivity index (χ2v) is 7.09. The number of aryl methyl sites for hydroxylation is 1. The number of ether oxygens (including phenoxy) is 1. The van der Waals surface area contributed by atoms with Gasteiger partial charge in [0.2, 0.25) is 5.91 Å². The van der Waals surface area contributed by atoms with Crippen LogP contribution >= 0.6 is 11.8 Å². The lowest BCUT2D eigenvalue weighted by Gasteiger charge is -2.43. The van der Waals surface area contributed by atoms with E-state index in [-0.39, 0.29) is 11.4 Å². The minimum absolute atomic E-state index is 0.112. The molecule has 3 heterocycles. The molecular formula is C16H24N2O3S. The number of nitrogens with zero attached hydrogens (tertiary/aromatic N) is 1. The van der Waals surface area contributed by atoms with E-state index in [0.29, 0.717) is 12.8 Å². The van der Waals surface area contributed by atoms with Crippen molar-refractivity contribution < 1.29 is 13.9 Å². The van der Waals surface area contributed by atoms with Gasteiger partial charge in [-0.15, -0.1) is 0 Å². The van der Waals surface area contributed by atoms with Crippen molar-refractivity contribution in [2.24, 2.45) is 0 Å². The van der Waals surface area contributed by atoms with Gasteiger partial charge in [-0.2, -0.15) is 11.8 Å². The van der Waals surface area contributed by atoms with E-state index in [1.807, 2.05) is 23.9 Å². The molecule has 1 atom stereocenters. The third-order valence-corrected chi connectivity index (χ3v) is 5.79. The molecule has 0 aliphatic carbocycles. The number of thioether (sulfide) groups is 1. The first-order valence-electron chi connectivity index (χ1n) is 7.98. The lowest BCUT2D eigenvalue weighted by Crippen LogP contribution is -2.59. The Labute approximate surface area is 135 Å². The SMILES string of the molecule is O=C(CCc1ccco1)NC[C@]1(N2CCOCC2)CCSC1. The van der Waals surface area contributed by atoms with Crippen LogP contribution < -0.4 is 5.32 Å². The van der Waals surface area contributed by atoms with E-state index in [0.717, 1.165) is 50.8 Å². The Hall–Kier alpha value is -0.980. The third kappa shape index (κ3) is 3.86. The Morgan fingerprint density at radius 1 is 1.41 bits per heavy atom. The highest BCUT2D eigenvalue weighted by molar-refractivity contribution is 7.99. The first-order chi connectivity index (χ1) is 10.8. The topological polar surface area (TPSA) is 54.7 Å². The molecule has 6 heteroatoms. The fourth-order valence-corrected chi connectivity index (χ4v) is 4.66. The molecule has 2 aliphatic heterocycles. The number of hydrogen-bond acceptors (Lipinski definition) is 5. The van der Waals surface area contributed by atoms with Crippen molar-refractivity contribution in [2.75, 3.05) is 44.4 Å². The van der Waals surface area contributed by atoms with Gasteiger partial charge in [0.1, 0.15) is 5.76 Å². The fraction of sp³-hybridized carbons (Fsp3) is 0.688. The summed E-state index contributed by atoms with van der Waals surface area (Å²) in [5.74, 6) is 3.26. The minimum Gasteiger partial charge on any atom is -0.469 e. The van der Waals surface area contributed by atoms with Gasteiger partial charge in [-0.25, -0.2) is 0 Å². The largest absolute Gasteiger partial charge is 0.469 e. The van der Waals surface area contributed by atoms with Crippen molar-refractivity contribution in [3.8, 4) is 0 Å². The molecule has 0 spiro atoms. The molecule has 2 fully saturated rings. The minimum atomic E-state index is 0.112. The number of hydrogen-bond donors (Lipinski definition) is 1. The van der Waals surface area contributed by atoms with E-state index in [1.165, 1.54) is 5.75 Å². The summed E-state index contributed by atoms with van der Waals surface area (Å²) in [7, 11) is 0. The van der Waals surface area contributed by atoms with Gasteiger partial charge in [-0.05, 0) is 24.3 Å². The van der Waals surface area contributed by atoms with E-state index in [9.17, 15) is 4.79 Å². The fourth-order valence-electron chi connectivity index (χ4n) is 3.18. The maximum Gasteiger partial charge on any atom is 0.220 e. The van der Waals surface area contributed by atoms with Crippen LogP contribution in [0.4, 0.5) is 0 Å². The Morgan fingerprint density at radius 3 is 2.95 bits per heavy atom. The number of nitrogens with one attached hydrogen (secondary N) is 1. The van der Waals surface area contributed by atoms with E-state index in [2.05, 4.69) is 10.2 Å². The zero-order valence-electron chi connectivity index (χ0n) is 12.9. The van der Waals surface area contributed by atoms with Gasteiger partial charge in [0, 0.05) is 43.8 Å². The number of rotatable bonds is 6. The smallest absolute Gasteiger partial charge is 0.220 e. The van der Waals surface area contributed by atoms with E-state index < -0.39 is 0 Å². The molecule has 0 saturated carbocycles. The number of carbonyl (C=O) groups excluding carboxylic acids is 1. The van der Waals surface area contributed by atoms with Gasteiger partial charge in [0.05, 0.1) is 19.5 Å². The summed E-state index contributed by atoms with van der Waals surface area (Å²) in [6.07, 6.45) is 3.95. The van der Waals surface area contributed by atoms with Crippen LogP contribution in [-0.4, -0.2) is 60.7 Å². The van der Waals surface area contributed by atoms with Gasteiger partial charge >= 0.3 is 0 Å². The van der Waals surface area contributed by atoms with Gasteiger partial charge < -0.3 is 14.5 Å². The highest BCUT2D eigenvalue weighted by Crippen LogP contribution is 2.33. The molecule has 0 bridgehead atoms. The van der Waals surface area contributed by atoms with Crippen molar-refractivity contribution >= 4 is 17.7 Å². The average molecular weight is 324 g/mol. The van der Waals surface area contributed by atoms with E-state index in [1.54, 1.807) is 6.26 Å². The van der Waals surface area contributed by atoms with E-state index >= 15 is 0 Å². The molecule has 1 N–H and O–H groups in total. The molecule has 0 aromatic carbocycles. The van der Waals surface area contributed by atoms with Crippen LogP contribution in [0.1, 0.15) is 18.6 Å². The quantitative estimate of drug-likeness (QED) is 0.860. The summed E-state index contributed by atoms with van der Waals surface area (Å²) in [5, 5.41) is 3.15. The molecule has 1 aromatic heterocycles. The lowest BCUT2D eigenvalue weighted by atomic mass is 9.95. The zero-order chi connectivity index (χ0) is 15.3. The van der Waals surface area contributed by atoms with Gasteiger partial charge in [0.15, 0.2) is 0 Å². The maximum absolute atomic E-state index is 12.1. The van der Waals surface area contributed by atoms with Crippen LogP contribution in [0.3, 0.4) is 0 Å². The summed E-state index contributed by atoms with van der Waals surface area (Å²) in [4.78, 5) is 14.6. The molecule has 5 nitrogen and oxygen atoms in total. The number of carbonyl (C=O) groups is 1. The molecular weight excluding hydrogens is 300 g/mol. The van der Waals surface area contributed by atoms with Crippen molar-refractivity contribution in [1.82, 2.24) is 10.2 Å². The predicted octanol–water partition coefficient (Wildman–Crippen LogP) is 1.54. The maximum atomic E-state index is 12.1. The van der Waals surface area contributed by atoms with Gasteiger partial charge in [0.25, 0.3) is 0 Å². The third-order valence-electron chi connectivity index (χ3n) is 4.56. The van der Waals surface area contributed by atoms with E-state index in [4.69, 9.17) is 9.15 Å². The van der Waals surface area contributed by atoms with Crippen LogP contribution in [0.25, 0.3) is 0 Å². The van der Waals surface area contributed by atoms with Crippen molar-refractivity contribution in [3.63, 3.8) is 0 Å². The molecule has 122 valence electrons. The summed E-state index contributed by atoms with van der Waals surface area (Å²) in [6.45, 7) is 4.31. The summed E-state index contributed by atoms with van der Waals surface area (Å²) < 4.78 is 10.7. The molecule has 0 radical (unpaired) electrons. The molecule has 22 heavy (non-hydrogen) atoms. The second-order valence-electron chi connectivity index (χ2n) is 5.98. The van der Waals surface area contributed by atoms with Crippen molar-refractivity contribution in [1.29, 1.82) is 0 Å². The predicted molar refractivity (Wildman–Crippen MR) is 87.1 cm³/mol. The molecule has 1 amide bonds. The molecule has 0 unspecified atom stereocenters. The van der Waals surface area contributed by atoms with Crippen molar-refractivity contribution in [2.45, 2.75) is 24.8 Å². The number of morpholine rings is 1. The first kappa shape index (κ1) is 15.9. The Morgan fingerprint density at radius 2 is 2.27 bits per heavy atom. The Kier molecular flexibility index (Phi) is 5.44. The summed E-state index contributed by atoms with van der Waals surface area (Å²) in [5.41, 5.74) is 0.120. The highest BCUT2D eigenvalue weighted by Gasteiger charge is 2.40. The number of amides is 1. The van der Waals surface area contributed by atoms with Crippen LogP contribution in [-0.2, 0) is 16.0 Å². The second kappa shape index (κ2) is 7.53. The highest BCUT2D eigenvalue weighted by atomic mass is 32.2. The zero-order valence-corrected chi connectivity index (χ0v) is 13.7. The molecule has 2 saturated heterocycles. The molecule has 3 rings (SSSR count).